The Morgan fingerprint density at radius 2 is 1.76 bits per heavy atom. The van der Waals surface area contributed by atoms with Crippen molar-refractivity contribution in [1.29, 1.82) is 0 Å². The summed E-state index contributed by atoms with van der Waals surface area (Å²) in [6.07, 6.45) is 1.68. The molecule has 0 atom stereocenters. The Balaban J connectivity index is 1.90. The van der Waals surface area contributed by atoms with Crippen LogP contribution in [0.3, 0.4) is 0 Å². The summed E-state index contributed by atoms with van der Waals surface area (Å²) in [7, 11) is -5.23. The number of hydrogen-bond acceptors (Lipinski definition) is 3. The van der Waals surface area contributed by atoms with Crippen molar-refractivity contribution in [3.05, 3.63) is 35.4 Å². The van der Waals surface area contributed by atoms with Crippen LogP contribution >= 0.6 is 0 Å². The van der Waals surface area contributed by atoms with Crippen LogP contribution in [-0.4, -0.2) is 50.4 Å². The Morgan fingerprint density at radius 1 is 1.14 bits per heavy atom. The number of nitrogens with zero attached hydrogens (tertiary/aromatic N) is 2. The zero-order valence-electron chi connectivity index (χ0n) is 16.8. The first-order valence-corrected chi connectivity index (χ1v) is 11.3. The van der Waals surface area contributed by atoms with Crippen LogP contribution in [0.1, 0.15) is 37.8 Å². The molecule has 2 N–H and O–H groups in total. The molecule has 0 bridgehead atoms. The molecule has 10 heteroatoms. The summed E-state index contributed by atoms with van der Waals surface area (Å²) in [6.45, 7) is 5.55. The maximum absolute atomic E-state index is 12.7. The largest absolute Gasteiger partial charge is 0.511 e. The van der Waals surface area contributed by atoms with Gasteiger partial charge in [0.15, 0.2) is 5.96 Å². The molecule has 0 amide bonds. The molecular weight excluding hydrogens is 405 g/mol. The van der Waals surface area contributed by atoms with Crippen LogP contribution in [-0.2, 0) is 23.0 Å². The van der Waals surface area contributed by atoms with Crippen LogP contribution in [0.25, 0.3) is 0 Å². The molecule has 0 aliphatic carbocycles. The first-order chi connectivity index (χ1) is 13.7. The Bertz CT molecular complexity index is 789. The van der Waals surface area contributed by atoms with Gasteiger partial charge in [-0.15, -0.1) is 0 Å². The van der Waals surface area contributed by atoms with Gasteiger partial charge < -0.3 is 10.6 Å². The first kappa shape index (κ1) is 23.5. The standard InChI is InChI=1S/C19H29F3N4O2S/c1-3-16-7-5-6-8-17(16)14-25-18(23-4-2)24-13-15-9-11-26(12-10-15)29(27,28)19(20,21)22/h5-8,15H,3-4,9-14H2,1-2H3,(H2,23,24,25). The average Bonchev–Trinajstić information content (AvgIpc) is 2.69. The molecule has 0 radical (unpaired) electrons. The normalized spacial score (nSPS) is 17.3. The lowest BCUT2D eigenvalue weighted by Crippen LogP contribution is -2.47. The van der Waals surface area contributed by atoms with Gasteiger partial charge in [-0.3, -0.25) is 0 Å². The maximum atomic E-state index is 12.7. The van der Waals surface area contributed by atoms with E-state index in [0.29, 0.717) is 42.7 Å². The number of piperidine rings is 1. The van der Waals surface area contributed by atoms with E-state index < -0.39 is 15.5 Å². The highest BCUT2D eigenvalue weighted by Crippen LogP contribution is 2.30. The van der Waals surface area contributed by atoms with Gasteiger partial charge >= 0.3 is 15.5 Å². The van der Waals surface area contributed by atoms with Gasteiger partial charge in [-0.05, 0) is 43.2 Å². The van der Waals surface area contributed by atoms with Crippen molar-refractivity contribution in [1.82, 2.24) is 14.9 Å². The van der Waals surface area contributed by atoms with Gasteiger partial charge in [-0.1, -0.05) is 31.2 Å². The molecule has 1 aromatic carbocycles. The fourth-order valence-corrected chi connectivity index (χ4v) is 4.29. The molecule has 1 aliphatic rings. The van der Waals surface area contributed by atoms with E-state index >= 15 is 0 Å². The molecule has 0 aromatic heterocycles. The van der Waals surface area contributed by atoms with Crippen LogP contribution in [0.5, 0.6) is 0 Å². The van der Waals surface area contributed by atoms with E-state index in [1.54, 1.807) is 0 Å². The lowest BCUT2D eigenvalue weighted by atomic mass is 9.98. The molecule has 0 unspecified atom stereocenters. The second kappa shape index (κ2) is 10.3. The number of rotatable bonds is 7. The summed E-state index contributed by atoms with van der Waals surface area (Å²) < 4.78 is 61.5. The zero-order valence-corrected chi connectivity index (χ0v) is 17.6. The van der Waals surface area contributed by atoms with Gasteiger partial charge in [-0.25, -0.2) is 13.4 Å². The van der Waals surface area contributed by atoms with E-state index in [1.807, 2.05) is 25.1 Å². The van der Waals surface area contributed by atoms with Crippen molar-refractivity contribution in [3.63, 3.8) is 0 Å². The van der Waals surface area contributed by atoms with Crippen LogP contribution in [0, 0.1) is 5.92 Å². The summed E-state index contributed by atoms with van der Waals surface area (Å²) in [5, 5.41) is 6.40. The minimum absolute atomic E-state index is 0.0847. The van der Waals surface area contributed by atoms with E-state index in [2.05, 4.69) is 28.6 Å². The molecule has 1 heterocycles. The molecule has 1 fully saturated rings. The third-order valence-electron chi connectivity index (χ3n) is 5.02. The van der Waals surface area contributed by atoms with Crippen LogP contribution in [0.15, 0.2) is 29.3 Å². The molecule has 2 rings (SSSR count). The van der Waals surface area contributed by atoms with Gasteiger partial charge in [0.2, 0.25) is 0 Å². The minimum Gasteiger partial charge on any atom is -0.357 e. The zero-order chi connectivity index (χ0) is 21.5. The number of aryl methyl sites for hydroxylation is 1. The smallest absolute Gasteiger partial charge is 0.357 e. The van der Waals surface area contributed by atoms with E-state index in [-0.39, 0.29) is 19.0 Å². The Hall–Kier alpha value is -1.81. The Labute approximate surface area is 170 Å². The highest BCUT2D eigenvalue weighted by molar-refractivity contribution is 7.90. The number of aliphatic imine (C=N–C) groups is 1. The lowest BCUT2D eigenvalue weighted by molar-refractivity contribution is -0.0496. The summed E-state index contributed by atoms with van der Waals surface area (Å²) in [6, 6.07) is 8.10. The third-order valence-corrected chi connectivity index (χ3v) is 6.65. The van der Waals surface area contributed by atoms with Crippen LogP contribution in [0.2, 0.25) is 0 Å². The minimum atomic E-state index is -5.24. The van der Waals surface area contributed by atoms with Crippen molar-refractivity contribution in [2.45, 2.75) is 45.2 Å². The maximum Gasteiger partial charge on any atom is 0.511 e. The van der Waals surface area contributed by atoms with Crippen molar-refractivity contribution in [3.8, 4) is 0 Å². The van der Waals surface area contributed by atoms with Crippen LogP contribution in [0.4, 0.5) is 13.2 Å². The molecule has 29 heavy (non-hydrogen) atoms. The summed E-state index contributed by atoms with van der Waals surface area (Å²) in [4.78, 5) is 4.60. The highest BCUT2D eigenvalue weighted by Gasteiger charge is 2.50. The lowest BCUT2D eigenvalue weighted by Gasteiger charge is -2.31. The highest BCUT2D eigenvalue weighted by atomic mass is 32.2. The average molecular weight is 435 g/mol. The molecule has 1 aliphatic heterocycles. The monoisotopic (exact) mass is 434 g/mol. The van der Waals surface area contributed by atoms with Gasteiger partial charge in [0, 0.05) is 26.2 Å². The number of alkyl halides is 3. The SMILES string of the molecule is CCNC(=NCc1ccccc1CC)NCC1CCN(S(=O)(=O)C(F)(F)F)CC1. The fraction of sp³-hybridized carbons (Fsp3) is 0.632. The predicted molar refractivity (Wildman–Crippen MR) is 108 cm³/mol. The fourth-order valence-electron chi connectivity index (χ4n) is 3.30. The third kappa shape index (κ3) is 6.33. The number of benzene rings is 1. The quantitative estimate of drug-likeness (QED) is 0.511. The number of halogens is 3. The second-order valence-corrected chi connectivity index (χ2v) is 8.92. The van der Waals surface area contributed by atoms with Crippen molar-refractivity contribution in [2.75, 3.05) is 26.2 Å². The second-order valence-electron chi connectivity index (χ2n) is 6.99. The van der Waals surface area contributed by atoms with Crippen molar-refractivity contribution >= 4 is 16.0 Å². The molecule has 164 valence electrons. The number of sulfonamides is 1. The topological polar surface area (TPSA) is 73.8 Å². The van der Waals surface area contributed by atoms with Gasteiger partial charge in [0.25, 0.3) is 0 Å². The van der Waals surface area contributed by atoms with E-state index in [0.717, 1.165) is 12.0 Å². The predicted octanol–water partition coefficient (Wildman–Crippen LogP) is 2.87. The van der Waals surface area contributed by atoms with Crippen molar-refractivity contribution < 1.29 is 21.6 Å². The van der Waals surface area contributed by atoms with Crippen LogP contribution < -0.4 is 10.6 Å². The summed E-state index contributed by atoms with van der Waals surface area (Å²) in [5.41, 5.74) is -2.85. The summed E-state index contributed by atoms with van der Waals surface area (Å²) in [5.74, 6) is 0.727. The molecular formula is C19H29F3N4O2S. The van der Waals surface area contributed by atoms with Crippen molar-refractivity contribution in [2.24, 2.45) is 10.9 Å². The molecule has 0 saturated carbocycles. The first-order valence-electron chi connectivity index (χ1n) is 9.84. The van der Waals surface area contributed by atoms with E-state index in [9.17, 15) is 21.6 Å². The van der Waals surface area contributed by atoms with Gasteiger partial charge in [-0.2, -0.15) is 17.5 Å². The van der Waals surface area contributed by atoms with E-state index in [4.69, 9.17) is 0 Å². The Kier molecular flexibility index (Phi) is 8.33. The Morgan fingerprint density at radius 3 is 2.31 bits per heavy atom. The summed E-state index contributed by atoms with van der Waals surface area (Å²) >= 11 is 0. The molecule has 0 spiro atoms. The van der Waals surface area contributed by atoms with Gasteiger partial charge in [0.1, 0.15) is 0 Å². The number of guanidine groups is 1. The molecule has 6 nitrogen and oxygen atoms in total. The van der Waals surface area contributed by atoms with Gasteiger partial charge in [0.05, 0.1) is 6.54 Å². The molecule has 1 aromatic rings. The number of nitrogens with one attached hydrogen (secondary N) is 2. The molecule has 1 saturated heterocycles. The number of hydrogen-bond donors (Lipinski definition) is 2. The van der Waals surface area contributed by atoms with E-state index in [1.165, 1.54) is 5.56 Å².